The zero-order valence-corrected chi connectivity index (χ0v) is 12.2. The lowest BCUT2D eigenvalue weighted by atomic mass is 9.86. The van der Waals surface area contributed by atoms with E-state index in [1.165, 1.54) is 0 Å². The van der Waals surface area contributed by atoms with Crippen molar-refractivity contribution in [3.8, 4) is 0 Å². The van der Waals surface area contributed by atoms with Gasteiger partial charge in [-0.1, -0.05) is 56.1 Å². The molecule has 0 fully saturated rings. The minimum atomic E-state index is -0.390. The number of benzene rings is 1. The van der Waals surface area contributed by atoms with Crippen molar-refractivity contribution >= 4 is 34.7 Å². The molecule has 1 aromatic carbocycles. The fraction of sp³-hybridized carbons (Fsp3) is 0.462. The molecule has 0 radical (unpaired) electrons. The summed E-state index contributed by atoms with van der Waals surface area (Å²) in [5, 5.41) is 7.18. The normalized spacial score (nSPS) is 23.9. The molecule has 0 aliphatic carbocycles. The number of hydrogen-bond donors (Lipinski definition) is 2. The van der Waals surface area contributed by atoms with Crippen molar-refractivity contribution in [1.82, 2.24) is 5.32 Å². The van der Waals surface area contributed by atoms with Gasteiger partial charge >= 0.3 is 0 Å². The minimum Gasteiger partial charge on any atom is -0.341 e. The Morgan fingerprint density at radius 3 is 2.56 bits per heavy atom. The molecule has 0 saturated heterocycles. The molecule has 0 saturated carbocycles. The van der Waals surface area contributed by atoms with Crippen LogP contribution >= 0.6 is 23.2 Å². The van der Waals surface area contributed by atoms with Crippen LogP contribution in [-0.4, -0.2) is 17.5 Å². The summed E-state index contributed by atoms with van der Waals surface area (Å²) in [7, 11) is 0. The monoisotopic (exact) mass is 285 g/mol. The number of amidine groups is 1. The third-order valence-corrected chi connectivity index (χ3v) is 3.39. The van der Waals surface area contributed by atoms with E-state index in [-0.39, 0.29) is 17.1 Å². The molecule has 5 heteroatoms. The van der Waals surface area contributed by atoms with Crippen LogP contribution in [0.1, 0.15) is 20.8 Å². The van der Waals surface area contributed by atoms with Gasteiger partial charge in [0.2, 0.25) is 0 Å². The van der Waals surface area contributed by atoms with Gasteiger partial charge in [-0.25, -0.2) is 4.99 Å². The molecule has 2 N–H and O–H groups in total. The van der Waals surface area contributed by atoms with Gasteiger partial charge in [0.15, 0.2) is 5.62 Å². The average molecular weight is 286 g/mol. The Bertz CT molecular complexity index is 466. The lowest BCUT2D eigenvalue weighted by Crippen LogP contribution is -2.45. The summed E-state index contributed by atoms with van der Waals surface area (Å²) in [5.74, 6) is 0.829. The zero-order valence-electron chi connectivity index (χ0n) is 10.7. The van der Waals surface area contributed by atoms with Crippen LogP contribution in [0.25, 0.3) is 0 Å². The van der Waals surface area contributed by atoms with E-state index >= 15 is 0 Å². The molecule has 0 aromatic heterocycles. The van der Waals surface area contributed by atoms with Crippen molar-refractivity contribution in [3.63, 3.8) is 0 Å². The van der Waals surface area contributed by atoms with E-state index in [9.17, 15) is 0 Å². The highest BCUT2D eigenvalue weighted by Gasteiger charge is 2.35. The SMILES string of the molecule is CC(C)(C)C1NC(Cl)N=C1Nc1ccccc1Cl. The second-order valence-electron chi connectivity index (χ2n) is 5.42. The van der Waals surface area contributed by atoms with E-state index < -0.39 is 0 Å². The number of alkyl halides is 1. The van der Waals surface area contributed by atoms with Crippen LogP contribution in [-0.2, 0) is 0 Å². The molecular formula is C13H17Cl2N3. The van der Waals surface area contributed by atoms with E-state index in [1.807, 2.05) is 24.3 Å². The van der Waals surface area contributed by atoms with E-state index in [0.717, 1.165) is 11.5 Å². The van der Waals surface area contributed by atoms with Crippen LogP contribution in [0.15, 0.2) is 29.3 Å². The fourth-order valence-electron chi connectivity index (χ4n) is 1.92. The van der Waals surface area contributed by atoms with Crippen molar-refractivity contribution < 1.29 is 0 Å². The standard InChI is InChI=1S/C13H17Cl2N3/c1-13(2,3)10-11(18-12(15)17-10)16-9-7-5-4-6-8(9)14/h4-7,10,12,17H,1-3H3,(H,16,18). The van der Waals surface area contributed by atoms with Crippen molar-refractivity contribution in [1.29, 1.82) is 0 Å². The third-order valence-electron chi connectivity index (χ3n) is 2.83. The first-order valence-electron chi connectivity index (χ1n) is 5.87. The average Bonchev–Trinajstić information content (AvgIpc) is 2.63. The number of rotatable bonds is 1. The summed E-state index contributed by atoms with van der Waals surface area (Å²) < 4.78 is 0. The van der Waals surface area contributed by atoms with Crippen LogP contribution < -0.4 is 10.6 Å². The molecule has 1 heterocycles. The van der Waals surface area contributed by atoms with Crippen molar-refractivity contribution in [2.24, 2.45) is 10.4 Å². The first-order valence-corrected chi connectivity index (χ1v) is 6.69. The first kappa shape index (κ1) is 13.7. The number of halogens is 2. The molecule has 1 aliphatic rings. The molecule has 2 unspecified atom stereocenters. The second-order valence-corrected chi connectivity index (χ2v) is 6.24. The van der Waals surface area contributed by atoms with Gasteiger partial charge in [0.05, 0.1) is 16.8 Å². The Balaban J connectivity index is 2.22. The van der Waals surface area contributed by atoms with Crippen LogP contribution in [0.4, 0.5) is 5.69 Å². The molecule has 98 valence electrons. The van der Waals surface area contributed by atoms with Gasteiger partial charge in [-0.15, -0.1) is 0 Å². The largest absolute Gasteiger partial charge is 0.341 e. The van der Waals surface area contributed by atoms with E-state index in [0.29, 0.717) is 5.02 Å². The van der Waals surface area contributed by atoms with E-state index in [4.69, 9.17) is 23.2 Å². The van der Waals surface area contributed by atoms with Crippen molar-refractivity contribution in [3.05, 3.63) is 29.3 Å². The van der Waals surface area contributed by atoms with Crippen LogP contribution in [0.2, 0.25) is 5.02 Å². The first-order chi connectivity index (χ1) is 8.38. The van der Waals surface area contributed by atoms with Gasteiger partial charge in [-0.05, 0) is 17.5 Å². The summed E-state index contributed by atoms with van der Waals surface area (Å²) in [4.78, 5) is 4.37. The van der Waals surface area contributed by atoms with Gasteiger partial charge < -0.3 is 5.32 Å². The van der Waals surface area contributed by atoms with Crippen LogP contribution in [0.3, 0.4) is 0 Å². The quantitative estimate of drug-likeness (QED) is 0.610. The highest BCUT2D eigenvalue weighted by atomic mass is 35.5. The van der Waals surface area contributed by atoms with Gasteiger partial charge in [-0.3, -0.25) is 5.32 Å². The van der Waals surface area contributed by atoms with Gasteiger partial charge in [0.25, 0.3) is 0 Å². The Hall–Kier alpha value is -0.770. The summed E-state index contributed by atoms with van der Waals surface area (Å²) in [6, 6.07) is 7.68. The Morgan fingerprint density at radius 1 is 1.28 bits per heavy atom. The molecule has 3 nitrogen and oxygen atoms in total. The molecule has 0 bridgehead atoms. The predicted molar refractivity (Wildman–Crippen MR) is 78.5 cm³/mol. The Labute approximate surface area is 118 Å². The number of anilines is 1. The molecular weight excluding hydrogens is 269 g/mol. The van der Waals surface area contributed by atoms with E-state index in [2.05, 4.69) is 36.4 Å². The van der Waals surface area contributed by atoms with Gasteiger partial charge in [0.1, 0.15) is 5.84 Å². The maximum atomic E-state index is 6.13. The third kappa shape index (κ3) is 2.97. The van der Waals surface area contributed by atoms with Crippen molar-refractivity contribution in [2.45, 2.75) is 32.4 Å². The van der Waals surface area contributed by atoms with E-state index in [1.54, 1.807) is 0 Å². The van der Waals surface area contributed by atoms with Gasteiger partial charge in [-0.2, -0.15) is 0 Å². The van der Waals surface area contributed by atoms with Gasteiger partial charge in [0, 0.05) is 0 Å². The second kappa shape index (κ2) is 5.08. The number of nitrogens with one attached hydrogen (secondary N) is 2. The smallest absolute Gasteiger partial charge is 0.178 e. The highest BCUT2D eigenvalue weighted by Crippen LogP contribution is 2.28. The zero-order chi connectivity index (χ0) is 13.3. The molecule has 1 aromatic rings. The maximum absolute atomic E-state index is 6.13. The maximum Gasteiger partial charge on any atom is 0.178 e. The lowest BCUT2D eigenvalue weighted by Gasteiger charge is -2.29. The molecule has 1 aliphatic heterocycles. The summed E-state index contributed by atoms with van der Waals surface area (Å²) in [6.45, 7) is 6.43. The number of hydrogen-bond acceptors (Lipinski definition) is 3. The summed E-state index contributed by atoms with van der Waals surface area (Å²) >= 11 is 12.2. The Kier molecular flexibility index (Phi) is 3.85. The summed E-state index contributed by atoms with van der Waals surface area (Å²) in [5.41, 5.74) is 0.482. The fourth-order valence-corrected chi connectivity index (χ4v) is 2.33. The number of nitrogens with zero attached hydrogens (tertiary/aromatic N) is 1. The van der Waals surface area contributed by atoms with Crippen molar-refractivity contribution in [2.75, 3.05) is 5.32 Å². The number of aliphatic imine (C=N–C) groups is 1. The minimum absolute atomic E-state index is 0.0245. The summed E-state index contributed by atoms with van der Waals surface area (Å²) in [6.07, 6.45) is 0. The topological polar surface area (TPSA) is 36.4 Å². The molecule has 0 spiro atoms. The predicted octanol–water partition coefficient (Wildman–Crippen LogP) is 3.69. The van der Waals surface area contributed by atoms with Crippen LogP contribution in [0, 0.1) is 5.41 Å². The molecule has 2 atom stereocenters. The Morgan fingerprint density at radius 2 is 1.94 bits per heavy atom. The lowest BCUT2D eigenvalue weighted by molar-refractivity contribution is 0.340. The number of para-hydroxylation sites is 1. The molecule has 2 rings (SSSR count). The molecule has 18 heavy (non-hydrogen) atoms. The highest BCUT2D eigenvalue weighted by molar-refractivity contribution is 6.34. The molecule has 0 amide bonds. The van der Waals surface area contributed by atoms with Crippen LogP contribution in [0.5, 0.6) is 0 Å².